The van der Waals surface area contributed by atoms with Gasteiger partial charge in [-0.25, -0.2) is 9.79 Å². The Kier molecular flexibility index (Phi) is 3.93. The summed E-state index contributed by atoms with van der Waals surface area (Å²) in [6.45, 7) is 0.197. The van der Waals surface area contributed by atoms with Gasteiger partial charge in [0.05, 0.1) is 12.7 Å². The van der Waals surface area contributed by atoms with Gasteiger partial charge < -0.3 is 18.9 Å². The summed E-state index contributed by atoms with van der Waals surface area (Å²) in [6.07, 6.45) is 1.64. The molecule has 2 aromatic rings. The fraction of sp³-hybridized carbons (Fsp3) is 0.111. The van der Waals surface area contributed by atoms with Crippen LogP contribution in [0, 0.1) is 0 Å². The van der Waals surface area contributed by atoms with Crippen LogP contribution >= 0.6 is 15.9 Å². The van der Waals surface area contributed by atoms with Crippen molar-refractivity contribution in [3.8, 4) is 17.2 Å². The lowest BCUT2D eigenvalue weighted by molar-refractivity contribution is -0.129. The second-order valence-electron chi connectivity index (χ2n) is 5.29. The van der Waals surface area contributed by atoms with Crippen molar-refractivity contribution < 1.29 is 23.7 Å². The Labute approximate surface area is 151 Å². The Morgan fingerprint density at radius 1 is 1.16 bits per heavy atom. The third-order valence-corrected chi connectivity index (χ3v) is 4.21. The molecule has 0 atom stereocenters. The predicted octanol–water partition coefficient (Wildman–Crippen LogP) is 3.53. The summed E-state index contributed by atoms with van der Waals surface area (Å²) < 4.78 is 22.1. The summed E-state index contributed by atoms with van der Waals surface area (Å²) in [5, 5.41) is 0. The third-order valence-electron chi connectivity index (χ3n) is 3.71. The first-order valence-corrected chi connectivity index (χ1v) is 8.19. The van der Waals surface area contributed by atoms with Gasteiger partial charge in [-0.05, 0) is 42.0 Å². The van der Waals surface area contributed by atoms with Crippen LogP contribution in [0.4, 0.5) is 0 Å². The topological polar surface area (TPSA) is 66.3 Å². The number of fused-ring (bicyclic) bond motifs is 1. The highest BCUT2D eigenvalue weighted by Gasteiger charge is 2.26. The van der Waals surface area contributed by atoms with Gasteiger partial charge in [0, 0.05) is 4.47 Å². The number of aliphatic imine (C=N–C) groups is 1. The summed E-state index contributed by atoms with van der Waals surface area (Å²) in [7, 11) is 1.55. The van der Waals surface area contributed by atoms with E-state index in [9.17, 15) is 4.79 Å². The largest absolute Gasteiger partial charge is 0.496 e. The lowest BCUT2D eigenvalue weighted by atomic mass is 10.1. The number of ether oxygens (including phenoxy) is 4. The van der Waals surface area contributed by atoms with Gasteiger partial charge in [-0.2, -0.15) is 0 Å². The van der Waals surface area contributed by atoms with Crippen molar-refractivity contribution in [1.29, 1.82) is 0 Å². The molecule has 0 radical (unpaired) electrons. The lowest BCUT2D eigenvalue weighted by Gasteiger charge is -2.07. The van der Waals surface area contributed by atoms with Crippen molar-refractivity contribution in [2.75, 3.05) is 13.9 Å². The molecule has 0 amide bonds. The first-order chi connectivity index (χ1) is 12.1. The Balaban J connectivity index is 1.70. The number of nitrogens with zero attached hydrogens (tertiary/aromatic N) is 1. The van der Waals surface area contributed by atoms with Gasteiger partial charge in [0.1, 0.15) is 5.75 Å². The maximum Gasteiger partial charge on any atom is 0.363 e. The van der Waals surface area contributed by atoms with E-state index in [4.69, 9.17) is 18.9 Å². The van der Waals surface area contributed by atoms with Crippen molar-refractivity contribution in [3.05, 3.63) is 57.7 Å². The number of hydrogen-bond acceptors (Lipinski definition) is 6. The van der Waals surface area contributed by atoms with Gasteiger partial charge in [-0.3, -0.25) is 0 Å². The molecule has 0 bridgehead atoms. The van der Waals surface area contributed by atoms with Crippen molar-refractivity contribution in [3.63, 3.8) is 0 Å². The van der Waals surface area contributed by atoms with Crippen LogP contribution in [0.2, 0.25) is 0 Å². The highest BCUT2D eigenvalue weighted by molar-refractivity contribution is 9.10. The molecule has 4 rings (SSSR count). The molecule has 0 saturated heterocycles. The smallest absolute Gasteiger partial charge is 0.363 e. The fourth-order valence-corrected chi connectivity index (χ4v) is 2.89. The predicted molar refractivity (Wildman–Crippen MR) is 93.9 cm³/mol. The third kappa shape index (κ3) is 2.98. The molecule has 0 aromatic heterocycles. The van der Waals surface area contributed by atoms with Gasteiger partial charge in [-0.15, -0.1) is 0 Å². The molecule has 0 fully saturated rings. The highest BCUT2D eigenvalue weighted by Crippen LogP contribution is 2.34. The van der Waals surface area contributed by atoms with Gasteiger partial charge in [-0.1, -0.05) is 22.0 Å². The first-order valence-electron chi connectivity index (χ1n) is 7.40. The molecule has 0 aliphatic carbocycles. The molecular weight excluding hydrogens is 390 g/mol. The molecule has 0 unspecified atom stereocenters. The molecule has 25 heavy (non-hydrogen) atoms. The molecular formula is C18H12BrNO5. The Morgan fingerprint density at radius 3 is 2.84 bits per heavy atom. The zero-order valence-corrected chi connectivity index (χ0v) is 14.7. The average Bonchev–Trinajstić information content (AvgIpc) is 3.21. The second-order valence-corrected chi connectivity index (χ2v) is 6.21. The number of halogens is 1. The maximum absolute atomic E-state index is 12.2. The molecule has 6 nitrogen and oxygen atoms in total. The number of rotatable bonds is 3. The van der Waals surface area contributed by atoms with E-state index in [1.807, 2.05) is 12.1 Å². The van der Waals surface area contributed by atoms with Crippen molar-refractivity contribution in [2.24, 2.45) is 4.99 Å². The monoisotopic (exact) mass is 401 g/mol. The molecule has 2 aliphatic heterocycles. The van der Waals surface area contributed by atoms with Crippen molar-refractivity contribution in [2.45, 2.75) is 0 Å². The second kappa shape index (κ2) is 6.25. The van der Waals surface area contributed by atoms with Crippen LogP contribution in [0.15, 0.2) is 51.6 Å². The van der Waals surface area contributed by atoms with Crippen LogP contribution in [0.1, 0.15) is 11.1 Å². The average molecular weight is 402 g/mol. The van der Waals surface area contributed by atoms with Crippen LogP contribution in [0.25, 0.3) is 6.08 Å². The molecule has 0 saturated carbocycles. The van der Waals surface area contributed by atoms with Crippen LogP contribution in [-0.4, -0.2) is 25.8 Å². The Hall–Kier alpha value is -2.80. The minimum Gasteiger partial charge on any atom is -0.496 e. The van der Waals surface area contributed by atoms with Gasteiger partial charge in [0.15, 0.2) is 17.2 Å². The number of carbonyl (C=O) groups is 1. The van der Waals surface area contributed by atoms with E-state index in [2.05, 4.69) is 20.9 Å². The fourth-order valence-electron chi connectivity index (χ4n) is 2.53. The Bertz CT molecular complexity index is 935. The summed E-state index contributed by atoms with van der Waals surface area (Å²) in [6, 6.07) is 10.8. The highest BCUT2D eigenvalue weighted by atomic mass is 79.9. The van der Waals surface area contributed by atoms with Gasteiger partial charge >= 0.3 is 5.97 Å². The summed E-state index contributed by atoms with van der Waals surface area (Å²) >= 11 is 3.39. The lowest BCUT2D eigenvalue weighted by Crippen LogP contribution is -2.07. The van der Waals surface area contributed by atoms with E-state index in [1.54, 1.807) is 37.5 Å². The zero-order valence-electron chi connectivity index (χ0n) is 13.1. The number of carbonyl (C=O) groups excluding carboxylic acids is 1. The molecule has 126 valence electrons. The molecule has 7 heteroatoms. The normalized spacial score (nSPS) is 16.8. The van der Waals surface area contributed by atoms with Gasteiger partial charge in [0.2, 0.25) is 12.7 Å². The van der Waals surface area contributed by atoms with E-state index in [0.29, 0.717) is 22.8 Å². The number of benzene rings is 2. The van der Waals surface area contributed by atoms with E-state index in [0.717, 1.165) is 10.0 Å². The number of esters is 1. The van der Waals surface area contributed by atoms with Crippen LogP contribution in [0.3, 0.4) is 0 Å². The SMILES string of the molecule is COc1ccc(Br)cc1C1=NC(=Cc2ccc3c(c2)OCO3)C(=O)O1. The van der Waals surface area contributed by atoms with E-state index >= 15 is 0 Å². The van der Waals surface area contributed by atoms with E-state index < -0.39 is 5.97 Å². The summed E-state index contributed by atoms with van der Waals surface area (Å²) in [4.78, 5) is 16.5. The minimum atomic E-state index is -0.519. The van der Waals surface area contributed by atoms with E-state index in [-0.39, 0.29) is 18.4 Å². The Morgan fingerprint density at radius 2 is 2.00 bits per heavy atom. The molecule has 0 N–H and O–H groups in total. The van der Waals surface area contributed by atoms with Crippen LogP contribution in [-0.2, 0) is 9.53 Å². The zero-order chi connectivity index (χ0) is 17.4. The van der Waals surface area contributed by atoms with Gasteiger partial charge in [0.25, 0.3) is 0 Å². The van der Waals surface area contributed by atoms with Crippen molar-refractivity contribution >= 4 is 33.9 Å². The maximum atomic E-state index is 12.2. The molecule has 0 spiro atoms. The molecule has 2 heterocycles. The summed E-state index contributed by atoms with van der Waals surface area (Å²) in [5.74, 6) is 1.57. The number of hydrogen-bond donors (Lipinski definition) is 0. The summed E-state index contributed by atoms with van der Waals surface area (Å²) in [5.41, 5.74) is 1.57. The minimum absolute atomic E-state index is 0.197. The number of cyclic esters (lactones) is 1. The number of methoxy groups -OCH3 is 1. The first kappa shape index (κ1) is 15.7. The van der Waals surface area contributed by atoms with Crippen molar-refractivity contribution in [1.82, 2.24) is 0 Å². The molecule has 2 aliphatic rings. The molecule has 2 aromatic carbocycles. The van der Waals surface area contributed by atoms with Crippen LogP contribution < -0.4 is 14.2 Å². The standard InChI is InChI=1S/C18H12BrNO5/c1-22-14-5-3-11(19)8-12(14)17-20-13(18(21)25-17)6-10-2-4-15-16(7-10)24-9-23-15/h2-8H,9H2,1H3. The quantitative estimate of drug-likeness (QED) is 0.581. The van der Waals surface area contributed by atoms with Crippen LogP contribution in [0.5, 0.6) is 17.2 Å². The van der Waals surface area contributed by atoms with E-state index in [1.165, 1.54) is 0 Å².